The third kappa shape index (κ3) is 6.55. The highest BCUT2D eigenvalue weighted by atomic mass is 16.3. The Morgan fingerprint density at radius 2 is 1.94 bits per heavy atom. The first-order valence-corrected chi connectivity index (χ1v) is 6.29. The van der Waals surface area contributed by atoms with Crippen molar-refractivity contribution in [2.75, 3.05) is 33.7 Å². The summed E-state index contributed by atoms with van der Waals surface area (Å²) in [7, 11) is 3.92. The Hall–Kier alpha value is -1.16. The Morgan fingerprint density at radius 3 is 2.56 bits per heavy atom. The lowest BCUT2D eigenvalue weighted by Crippen LogP contribution is -2.45. The molecule has 1 rings (SSSR count). The zero-order chi connectivity index (χ0) is 13.4. The van der Waals surface area contributed by atoms with E-state index in [-0.39, 0.29) is 0 Å². The van der Waals surface area contributed by atoms with Gasteiger partial charge in [0.1, 0.15) is 0 Å². The van der Waals surface area contributed by atoms with Crippen molar-refractivity contribution >= 4 is 6.08 Å². The molecule has 0 aromatic heterocycles. The Bertz CT molecular complexity index is 358. The lowest BCUT2D eigenvalue weighted by molar-refractivity contribution is 0.0347. The third-order valence-electron chi connectivity index (χ3n) is 2.53. The number of nitrogens with one attached hydrogen (secondary N) is 1. The quantitative estimate of drug-likeness (QED) is 0.720. The first kappa shape index (κ1) is 14.9. The number of likely N-dealkylation sites (N-methyl/N-ethyl adjacent to an activating group) is 1. The molecular weight excluding hydrogens is 224 g/mol. The molecule has 0 amide bonds. The summed E-state index contributed by atoms with van der Waals surface area (Å²) in [6.07, 6.45) is 4.15. The Balaban J connectivity index is 2.24. The summed E-state index contributed by atoms with van der Waals surface area (Å²) >= 11 is 0. The summed E-state index contributed by atoms with van der Waals surface area (Å²) in [4.78, 5) is 1.99. The minimum atomic E-state index is -0.690. The second-order valence-corrected chi connectivity index (χ2v) is 5.18. The first-order chi connectivity index (χ1) is 8.49. The van der Waals surface area contributed by atoms with Crippen molar-refractivity contribution in [2.24, 2.45) is 0 Å². The van der Waals surface area contributed by atoms with E-state index in [1.807, 2.05) is 44.1 Å². The van der Waals surface area contributed by atoms with Crippen molar-refractivity contribution in [3.05, 3.63) is 42.0 Å². The molecule has 3 heteroatoms. The molecule has 1 aromatic carbocycles. The van der Waals surface area contributed by atoms with Crippen molar-refractivity contribution in [3.8, 4) is 0 Å². The summed E-state index contributed by atoms with van der Waals surface area (Å²) in [5.41, 5.74) is 0.503. The highest BCUT2D eigenvalue weighted by molar-refractivity contribution is 5.48. The van der Waals surface area contributed by atoms with Gasteiger partial charge in [-0.1, -0.05) is 42.5 Å². The van der Waals surface area contributed by atoms with Crippen LogP contribution in [-0.2, 0) is 0 Å². The molecule has 0 fully saturated rings. The first-order valence-electron chi connectivity index (χ1n) is 6.29. The molecule has 18 heavy (non-hydrogen) atoms. The van der Waals surface area contributed by atoms with Crippen LogP contribution in [0.5, 0.6) is 0 Å². The normalized spacial score (nSPS) is 15.2. The predicted octanol–water partition coefficient (Wildman–Crippen LogP) is 1.60. The van der Waals surface area contributed by atoms with Gasteiger partial charge in [-0.3, -0.25) is 0 Å². The molecule has 0 radical (unpaired) electrons. The van der Waals surface area contributed by atoms with Crippen LogP contribution in [0, 0.1) is 0 Å². The largest absolute Gasteiger partial charge is 0.388 e. The van der Waals surface area contributed by atoms with Crippen molar-refractivity contribution in [1.82, 2.24) is 10.2 Å². The molecule has 3 nitrogen and oxygen atoms in total. The fourth-order valence-corrected chi connectivity index (χ4v) is 1.92. The standard InChI is InChI=1S/C15H24N2O/c1-15(18,13-17(2)3)12-16-11-7-10-14-8-5-4-6-9-14/h4-10,16,18H,11-13H2,1-3H3/b10-7+. The maximum absolute atomic E-state index is 10.1. The highest BCUT2D eigenvalue weighted by Crippen LogP contribution is 2.03. The number of aliphatic hydroxyl groups is 1. The van der Waals surface area contributed by atoms with Gasteiger partial charge in [0.15, 0.2) is 0 Å². The molecule has 100 valence electrons. The summed E-state index contributed by atoms with van der Waals surface area (Å²) in [6.45, 7) is 3.85. The smallest absolute Gasteiger partial charge is 0.0869 e. The molecule has 0 aliphatic heterocycles. The van der Waals surface area contributed by atoms with Gasteiger partial charge >= 0.3 is 0 Å². The average molecular weight is 248 g/mol. The van der Waals surface area contributed by atoms with E-state index >= 15 is 0 Å². The van der Waals surface area contributed by atoms with Gasteiger partial charge in [0.05, 0.1) is 5.60 Å². The number of hydrogen-bond donors (Lipinski definition) is 2. The summed E-state index contributed by atoms with van der Waals surface area (Å²) in [5.74, 6) is 0. The minimum Gasteiger partial charge on any atom is -0.388 e. The zero-order valence-corrected chi connectivity index (χ0v) is 11.6. The molecule has 0 bridgehead atoms. The predicted molar refractivity (Wildman–Crippen MR) is 77.5 cm³/mol. The van der Waals surface area contributed by atoms with E-state index in [0.29, 0.717) is 13.1 Å². The fraction of sp³-hybridized carbons (Fsp3) is 0.467. The Labute approximate surface area is 110 Å². The fourth-order valence-electron chi connectivity index (χ4n) is 1.92. The highest BCUT2D eigenvalue weighted by Gasteiger charge is 2.19. The van der Waals surface area contributed by atoms with E-state index in [0.717, 1.165) is 6.54 Å². The van der Waals surface area contributed by atoms with E-state index < -0.39 is 5.60 Å². The molecule has 1 aromatic rings. The van der Waals surface area contributed by atoms with Gasteiger partial charge in [-0.15, -0.1) is 0 Å². The van der Waals surface area contributed by atoms with Crippen LogP contribution in [0.4, 0.5) is 0 Å². The molecule has 2 N–H and O–H groups in total. The van der Waals surface area contributed by atoms with Crippen molar-refractivity contribution in [1.29, 1.82) is 0 Å². The van der Waals surface area contributed by atoms with Crippen LogP contribution in [0.2, 0.25) is 0 Å². The van der Waals surface area contributed by atoms with Gasteiger partial charge in [0.2, 0.25) is 0 Å². The van der Waals surface area contributed by atoms with Gasteiger partial charge in [-0.25, -0.2) is 0 Å². The van der Waals surface area contributed by atoms with E-state index in [9.17, 15) is 5.11 Å². The molecule has 0 aliphatic carbocycles. The minimum absolute atomic E-state index is 0.588. The van der Waals surface area contributed by atoms with Gasteiger partial charge in [-0.05, 0) is 26.6 Å². The lowest BCUT2D eigenvalue weighted by Gasteiger charge is -2.26. The topological polar surface area (TPSA) is 35.5 Å². The molecule has 0 aliphatic rings. The Morgan fingerprint density at radius 1 is 1.28 bits per heavy atom. The maximum atomic E-state index is 10.1. The van der Waals surface area contributed by atoms with Crippen LogP contribution in [-0.4, -0.2) is 49.3 Å². The zero-order valence-electron chi connectivity index (χ0n) is 11.6. The van der Waals surface area contributed by atoms with Crippen LogP contribution in [0.25, 0.3) is 6.08 Å². The van der Waals surface area contributed by atoms with Crippen molar-refractivity contribution in [3.63, 3.8) is 0 Å². The van der Waals surface area contributed by atoms with Gasteiger partial charge in [0.25, 0.3) is 0 Å². The number of hydrogen-bond acceptors (Lipinski definition) is 3. The second-order valence-electron chi connectivity index (χ2n) is 5.18. The molecule has 0 heterocycles. The van der Waals surface area contributed by atoms with Crippen LogP contribution >= 0.6 is 0 Å². The Kier molecular flexibility index (Phi) is 6.05. The molecule has 0 saturated carbocycles. The van der Waals surface area contributed by atoms with Gasteiger partial charge < -0.3 is 15.3 Å². The van der Waals surface area contributed by atoms with E-state index in [1.54, 1.807) is 0 Å². The van der Waals surface area contributed by atoms with Crippen molar-refractivity contribution < 1.29 is 5.11 Å². The van der Waals surface area contributed by atoms with Crippen LogP contribution in [0.15, 0.2) is 36.4 Å². The van der Waals surface area contributed by atoms with E-state index in [1.165, 1.54) is 5.56 Å². The average Bonchev–Trinajstić information content (AvgIpc) is 2.28. The van der Waals surface area contributed by atoms with E-state index in [4.69, 9.17) is 0 Å². The number of benzene rings is 1. The summed E-state index contributed by atoms with van der Waals surface area (Å²) in [6, 6.07) is 10.2. The number of nitrogens with zero attached hydrogens (tertiary/aromatic N) is 1. The summed E-state index contributed by atoms with van der Waals surface area (Å²) in [5, 5.41) is 13.3. The molecule has 0 saturated heterocycles. The van der Waals surface area contributed by atoms with Crippen LogP contribution < -0.4 is 5.32 Å². The van der Waals surface area contributed by atoms with Crippen LogP contribution in [0.1, 0.15) is 12.5 Å². The molecule has 1 atom stereocenters. The molecular formula is C15H24N2O. The molecule has 1 unspecified atom stereocenters. The van der Waals surface area contributed by atoms with Crippen molar-refractivity contribution in [2.45, 2.75) is 12.5 Å². The second kappa shape index (κ2) is 7.31. The monoisotopic (exact) mass is 248 g/mol. The number of rotatable bonds is 7. The SMILES string of the molecule is CN(C)CC(C)(O)CNC/C=C/c1ccccc1. The van der Waals surface area contributed by atoms with E-state index in [2.05, 4.69) is 29.6 Å². The summed E-state index contributed by atoms with van der Waals surface area (Å²) < 4.78 is 0. The molecule has 0 spiro atoms. The van der Waals surface area contributed by atoms with Crippen LogP contribution in [0.3, 0.4) is 0 Å². The lowest BCUT2D eigenvalue weighted by atomic mass is 10.1. The van der Waals surface area contributed by atoms with Gasteiger partial charge in [0, 0.05) is 19.6 Å². The third-order valence-corrected chi connectivity index (χ3v) is 2.53. The maximum Gasteiger partial charge on any atom is 0.0869 e. The van der Waals surface area contributed by atoms with Gasteiger partial charge in [-0.2, -0.15) is 0 Å².